The standard InChI is InChI=1S/C15H20N2O2S/c1-2-19-11-3-4-12-13(9-11)20-14(17-12)15(10-16)5-7-18-8-6-15/h3-4,9H,2,5-8,10,16H2,1H3. The second kappa shape index (κ2) is 5.68. The van der Waals surface area contributed by atoms with Crippen LogP contribution in [0.3, 0.4) is 0 Å². The lowest BCUT2D eigenvalue weighted by Gasteiger charge is -2.34. The fraction of sp³-hybridized carbons (Fsp3) is 0.533. The third kappa shape index (κ3) is 2.41. The van der Waals surface area contributed by atoms with E-state index in [0.717, 1.165) is 42.3 Å². The third-order valence-electron chi connectivity index (χ3n) is 3.97. The van der Waals surface area contributed by atoms with Crippen molar-refractivity contribution in [1.29, 1.82) is 0 Å². The summed E-state index contributed by atoms with van der Waals surface area (Å²) in [5.41, 5.74) is 7.08. The normalized spacial score (nSPS) is 18.3. The number of ether oxygens (including phenoxy) is 2. The Bertz CT molecular complexity index is 591. The second-order valence-corrected chi connectivity index (χ2v) is 6.21. The van der Waals surface area contributed by atoms with E-state index in [9.17, 15) is 0 Å². The van der Waals surface area contributed by atoms with Crippen LogP contribution in [0, 0.1) is 0 Å². The van der Waals surface area contributed by atoms with E-state index >= 15 is 0 Å². The summed E-state index contributed by atoms with van der Waals surface area (Å²) in [5.74, 6) is 0.906. The monoisotopic (exact) mass is 292 g/mol. The lowest BCUT2D eigenvalue weighted by atomic mass is 9.81. The molecular weight excluding hydrogens is 272 g/mol. The number of hydrogen-bond acceptors (Lipinski definition) is 5. The molecule has 3 rings (SSSR count). The van der Waals surface area contributed by atoms with Gasteiger partial charge in [0.15, 0.2) is 0 Å². The highest BCUT2D eigenvalue weighted by atomic mass is 32.1. The number of fused-ring (bicyclic) bond motifs is 1. The minimum atomic E-state index is -0.00624. The van der Waals surface area contributed by atoms with Crippen LogP contribution in [0.5, 0.6) is 5.75 Å². The summed E-state index contributed by atoms with van der Waals surface area (Å²) < 4.78 is 12.2. The second-order valence-electron chi connectivity index (χ2n) is 5.18. The molecule has 0 spiro atoms. The van der Waals surface area contributed by atoms with Gasteiger partial charge in [0.25, 0.3) is 0 Å². The molecule has 1 fully saturated rings. The molecule has 2 heterocycles. The van der Waals surface area contributed by atoms with Crippen molar-refractivity contribution >= 4 is 21.6 Å². The molecule has 0 atom stereocenters. The lowest BCUT2D eigenvalue weighted by molar-refractivity contribution is 0.0529. The molecule has 0 amide bonds. The van der Waals surface area contributed by atoms with Crippen LogP contribution in [0.4, 0.5) is 0 Å². The molecule has 5 heteroatoms. The fourth-order valence-electron chi connectivity index (χ4n) is 2.66. The van der Waals surface area contributed by atoms with Crippen LogP contribution in [-0.2, 0) is 10.2 Å². The van der Waals surface area contributed by atoms with Crippen LogP contribution in [0.2, 0.25) is 0 Å². The first-order chi connectivity index (χ1) is 9.77. The van der Waals surface area contributed by atoms with Gasteiger partial charge in [-0.1, -0.05) is 0 Å². The molecule has 2 aromatic rings. The summed E-state index contributed by atoms with van der Waals surface area (Å²) in [4.78, 5) is 4.81. The molecule has 1 aromatic carbocycles. The van der Waals surface area contributed by atoms with Crippen molar-refractivity contribution in [2.75, 3.05) is 26.4 Å². The molecule has 0 aliphatic carbocycles. The van der Waals surface area contributed by atoms with Crippen molar-refractivity contribution in [2.24, 2.45) is 5.73 Å². The van der Waals surface area contributed by atoms with Gasteiger partial charge in [-0.25, -0.2) is 4.98 Å². The Morgan fingerprint density at radius 2 is 2.20 bits per heavy atom. The lowest BCUT2D eigenvalue weighted by Crippen LogP contribution is -2.40. The van der Waals surface area contributed by atoms with E-state index in [4.69, 9.17) is 20.2 Å². The van der Waals surface area contributed by atoms with Crippen LogP contribution >= 0.6 is 11.3 Å². The van der Waals surface area contributed by atoms with Gasteiger partial charge in [-0.15, -0.1) is 11.3 Å². The van der Waals surface area contributed by atoms with Gasteiger partial charge in [0.05, 0.1) is 16.8 Å². The van der Waals surface area contributed by atoms with Crippen LogP contribution < -0.4 is 10.5 Å². The van der Waals surface area contributed by atoms with Gasteiger partial charge >= 0.3 is 0 Å². The molecule has 1 aliphatic rings. The van der Waals surface area contributed by atoms with Crippen molar-refractivity contribution in [1.82, 2.24) is 4.98 Å². The Morgan fingerprint density at radius 1 is 1.40 bits per heavy atom. The molecule has 0 bridgehead atoms. The first-order valence-electron chi connectivity index (χ1n) is 7.09. The quantitative estimate of drug-likeness (QED) is 0.941. The van der Waals surface area contributed by atoms with Gasteiger partial charge in [0.1, 0.15) is 10.8 Å². The van der Waals surface area contributed by atoms with E-state index in [-0.39, 0.29) is 5.41 Å². The average molecular weight is 292 g/mol. The van der Waals surface area contributed by atoms with Crippen LogP contribution in [-0.4, -0.2) is 31.3 Å². The van der Waals surface area contributed by atoms with Gasteiger partial charge < -0.3 is 15.2 Å². The number of thiazole rings is 1. The molecule has 20 heavy (non-hydrogen) atoms. The summed E-state index contributed by atoms with van der Waals surface area (Å²) in [6, 6.07) is 6.09. The van der Waals surface area contributed by atoms with Gasteiger partial charge in [-0.2, -0.15) is 0 Å². The molecule has 2 N–H and O–H groups in total. The molecule has 0 saturated carbocycles. The maximum atomic E-state index is 6.06. The highest BCUT2D eigenvalue weighted by Gasteiger charge is 2.36. The van der Waals surface area contributed by atoms with E-state index in [2.05, 4.69) is 6.07 Å². The van der Waals surface area contributed by atoms with Gasteiger partial charge in [-0.3, -0.25) is 0 Å². The molecule has 1 aromatic heterocycles. The molecule has 4 nitrogen and oxygen atoms in total. The summed E-state index contributed by atoms with van der Waals surface area (Å²) >= 11 is 1.74. The van der Waals surface area contributed by atoms with E-state index in [1.807, 2.05) is 19.1 Å². The first kappa shape index (κ1) is 13.8. The van der Waals surface area contributed by atoms with Crippen molar-refractivity contribution in [3.63, 3.8) is 0 Å². The maximum absolute atomic E-state index is 6.06. The highest BCUT2D eigenvalue weighted by molar-refractivity contribution is 7.18. The molecular formula is C15H20N2O2S. The summed E-state index contributed by atoms with van der Waals surface area (Å²) in [5, 5.41) is 1.15. The van der Waals surface area contributed by atoms with Crippen LogP contribution in [0.25, 0.3) is 10.2 Å². The van der Waals surface area contributed by atoms with E-state index in [1.165, 1.54) is 4.70 Å². The summed E-state index contributed by atoms with van der Waals surface area (Å²) in [7, 11) is 0. The Kier molecular flexibility index (Phi) is 3.92. The topological polar surface area (TPSA) is 57.4 Å². The Labute approximate surface area is 122 Å². The number of benzene rings is 1. The predicted molar refractivity (Wildman–Crippen MR) is 81.6 cm³/mol. The molecule has 0 unspecified atom stereocenters. The SMILES string of the molecule is CCOc1ccc2nc(C3(CN)CCOCC3)sc2c1. The number of nitrogens with two attached hydrogens (primary N) is 1. The zero-order chi connectivity index (χ0) is 14.0. The minimum Gasteiger partial charge on any atom is -0.494 e. The molecule has 1 aliphatic heterocycles. The van der Waals surface area contributed by atoms with E-state index in [0.29, 0.717) is 13.2 Å². The van der Waals surface area contributed by atoms with Gasteiger partial charge in [0.2, 0.25) is 0 Å². The Balaban J connectivity index is 1.98. The zero-order valence-corrected chi connectivity index (χ0v) is 12.5. The third-order valence-corrected chi connectivity index (χ3v) is 5.23. The van der Waals surface area contributed by atoms with Crippen molar-refractivity contribution in [3.8, 4) is 5.75 Å². The van der Waals surface area contributed by atoms with Crippen molar-refractivity contribution in [3.05, 3.63) is 23.2 Å². The number of nitrogens with zero attached hydrogens (tertiary/aromatic N) is 1. The minimum absolute atomic E-state index is 0.00624. The van der Waals surface area contributed by atoms with Crippen molar-refractivity contribution < 1.29 is 9.47 Å². The summed E-state index contributed by atoms with van der Waals surface area (Å²) in [6.45, 7) is 4.86. The Hall–Kier alpha value is -1.17. The fourth-order valence-corrected chi connectivity index (χ4v) is 3.91. The smallest absolute Gasteiger partial charge is 0.120 e. The average Bonchev–Trinajstić information content (AvgIpc) is 2.92. The predicted octanol–water partition coefficient (Wildman–Crippen LogP) is 2.70. The maximum Gasteiger partial charge on any atom is 0.120 e. The molecule has 108 valence electrons. The zero-order valence-electron chi connectivity index (χ0n) is 11.7. The van der Waals surface area contributed by atoms with Crippen LogP contribution in [0.15, 0.2) is 18.2 Å². The number of rotatable bonds is 4. The van der Waals surface area contributed by atoms with Crippen LogP contribution in [0.1, 0.15) is 24.8 Å². The van der Waals surface area contributed by atoms with Gasteiger partial charge in [-0.05, 0) is 38.0 Å². The van der Waals surface area contributed by atoms with E-state index in [1.54, 1.807) is 11.3 Å². The number of aromatic nitrogens is 1. The van der Waals surface area contributed by atoms with Crippen molar-refractivity contribution in [2.45, 2.75) is 25.2 Å². The first-order valence-corrected chi connectivity index (χ1v) is 7.91. The number of hydrogen-bond donors (Lipinski definition) is 1. The Morgan fingerprint density at radius 3 is 2.90 bits per heavy atom. The van der Waals surface area contributed by atoms with E-state index < -0.39 is 0 Å². The molecule has 0 radical (unpaired) electrons. The highest BCUT2D eigenvalue weighted by Crippen LogP contribution is 2.39. The largest absolute Gasteiger partial charge is 0.494 e. The summed E-state index contributed by atoms with van der Waals surface area (Å²) in [6.07, 6.45) is 1.92. The molecule has 1 saturated heterocycles. The van der Waals surface area contributed by atoms with Gasteiger partial charge in [0, 0.05) is 25.2 Å².